The highest BCUT2D eigenvalue weighted by Crippen LogP contribution is 2.19. The molecule has 1 heterocycles. The lowest BCUT2D eigenvalue weighted by molar-refractivity contribution is -0.140. The zero-order valence-electron chi connectivity index (χ0n) is 12.4. The van der Waals surface area contributed by atoms with Gasteiger partial charge in [0.1, 0.15) is 11.9 Å². The fourth-order valence-corrected chi connectivity index (χ4v) is 2.49. The smallest absolute Gasteiger partial charge is 0.320 e. The number of carboxylic acid groups (broad SMARTS) is 1. The van der Waals surface area contributed by atoms with E-state index >= 15 is 0 Å². The Morgan fingerprint density at radius 1 is 1.48 bits per heavy atom. The van der Waals surface area contributed by atoms with Crippen LogP contribution in [0.25, 0.3) is 11.0 Å². The summed E-state index contributed by atoms with van der Waals surface area (Å²) in [7, 11) is 1.90. The van der Waals surface area contributed by atoms with Crippen LogP contribution in [0.3, 0.4) is 0 Å². The number of nitrogens with zero attached hydrogens (tertiary/aromatic N) is 2. The van der Waals surface area contributed by atoms with E-state index in [9.17, 15) is 9.90 Å². The fourth-order valence-electron chi connectivity index (χ4n) is 2.33. The first-order valence-electron chi connectivity index (χ1n) is 6.95. The maximum Gasteiger partial charge on any atom is 0.320 e. The number of aryl methyl sites for hydroxylation is 1. The Morgan fingerprint density at radius 3 is 2.81 bits per heavy atom. The second-order valence-electron chi connectivity index (χ2n) is 5.62. The van der Waals surface area contributed by atoms with Crippen LogP contribution in [0.4, 0.5) is 0 Å². The lowest BCUT2D eigenvalue weighted by atomic mass is 10.0. The number of carbonyl (C=O) groups is 1. The first-order valence-corrected chi connectivity index (χ1v) is 7.33. The molecule has 0 amide bonds. The van der Waals surface area contributed by atoms with Crippen LogP contribution in [0.2, 0.25) is 5.02 Å². The predicted molar refractivity (Wildman–Crippen MR) is 83.4 cm³/mol. The Morgan fingerprint density at radius 2 is 2.19 bits per heavy atom. The van der Waals surface area contributed by atoms with Gasteiger partial charge in [0.2, 0.25) is 0 Å². The average Bonchev–Trinajstić information content (AvgIpc) is 2.71. The largest absolute Gasteiger partial charge is 0.480 e. The van der Waals surface area contributed by atoms with Crippen molar-refractivity contribution in [2.75, 3.05) is 0 Å². The van der Waals surface area contributed by atoms with Gasteiger partial charge >= 0.3 is 5.97 Å². The number of carboxylic acids is 1. The molecule has 0 aliphatic carbocycles. The third-order valence-corrected chi connectivity index (χ3v) is 3.68. The van der Waals surface area contributed by atoms with E-state index in [1.807, 2.05) is 37.6 Å². The molecule has 1 aromatic heterocycles. The van der Waals surface area contributed by atoms with Crippen LogP contribution in [0.5, 0.6) is 0 Å². The minimum atomic E-state index is -0.828. The van der Waals surface area contributed by atoms with E-state index in [0.29, 0.717) is 23.9 Å². The molecule has 1 atom stereocenters. The Bertz CT molecular complexity index is 652. The van der Waals surface area contributed by atoms with E-state index in [2.05, 4.69) is 10.3 Å². The van der Waals surface area contributed by atoms with Gasteiger partial charge in [-0.3, -0.25) is 10.1 Å². The molecular weight excluding hydrogens is 290 g/mol. The van der Waals surface area contributed by atoms with E-state index in [4.69, 9.17) is 11.6 Å². The van der Waals surface area contributed by atoms with E-state index in [1.54, 1.807) is 6.07 Å². The zero-order chi connectivity index (χ0) is 15.6. The third kappa shape index (κ3) is 3.74. The van der Waals surface area contributed by atoms with Crippen LogP contribution in [-0.4, -0.2) is 26.7 Å². The van der Waals surface area contributed by atoms with Gasteiger partial charge in [0.25, 0.3) is 0 Å². The number of fused-ring (bicyclic) bond motifs is 1. The van der Waals surface area contributed by atoms with Gasteiger partial charge in [0.05, 0.1) is 17.6 Å². The molecule has 0 radical (unpaired) electrons. The Hall–Kier alpha value is -1.59. The van der Waals surface area contributed by atoms with Crippen molar-refractivity contribution in [2.45, 2.75) is 32.9 Å². The monoisotopic (exact) mass is 309 g/mol. The van der Waals surface area contributed by atoms with Crippen LogP contribution in [-0.2, 0) is 18.4 Å². The average molecular weight is 310 g/mol. The summed E-state index contributed by atoms with van der Waals surface area (Å²) >= 11 is 5.99. The van der Waals surface area contributed by atoms with E-state index in [1.165, 1.54) is 0 Å². The maximum atomic E-state index is 11.3. The third-order valence-electron chi connectivity index (χ3n) is 3.45. The summed E-state index contributed by atoms with van der Waals surface area (Å²) < 4.78 is 1.93. The van der Waals surface area contributed by atoms with E-state index in [0.717, 1.165) is 16.9 Å². The minimum Gasteiger partial charge on any atom is -0.480 e. The maximum absolute atomic E-state index is 11.3. The number of nitrogens with one attached hydrogen (secondary N) is 1. The summed E-state index contributed by atoms with van der Waals surface area (Å²) in [6.07, 6.45) is 0.588. The van der Waals surface area contributed by atoms with Crippen molar-refractivity contribution in [3.05, 3.63) is 29.0 Å². The Balaban J connectivity index is 2.16. The first-order chi connectivity index (χ1) is 9.88. The number of rotatable bonds is 6. The molecule has 2 rings (SSSR count). The molecule has 0 spiro atoms. The van der Waals surface area contributed by atoms with Crippen molar-refractivity contribution in [3.8, 4) is 0 Å². The predicted octanol–water partition coefficient (Wildman–Crippen LogP) is 2.82. The number of hydrogen-bond donors (Lipinski definition) is 2. The van der Waals surface area contributed by atoms with Crippen molar-refractivity contribution in [1.82, 2.24) is 14.9 Å². The van der Waals surface area contributed by atoms with Crippen molar-refractivity contribution in [2.24, 2.45) is 13.0 Å². The Kier molecular flexibility index (Phi) is 4.85. The Labute approximate surface area is 128 Å². The molecule has 0 bridgehead atoms. The second-order valence-corrected chi connectivity index (χ2v) is 6.06. The summed E-state index contributed by atoms with van der Waals surface area (Å²) in [5, 5.41) is 13.0. The fraction of sp³-hybridized carbons (Fsp3) is 0.467. The summed E-state index contributed by atoms with van der Waals surface area (Å²) in [5.74, 6) is 0.283. The quantitative estimate of drug-likeness (QED) is 0.861. The molecule has 0 aliphatic rings. The summed E-state index contributed by atoms with van der Waals surface area (Å²) in [6, 6.07) is 4.96. The SMILES string of the molecule is CC(C)C[C@H](NCc1nc2ccc(Cl)cc2n1C)C(=O)O. The van der Waals surface area contributed by atoms with Crippen molar-refractivity contribution in [1.29, 1.82) is 0 Å². The normalized spacial score (nSPS) is 13.0. The van der Waals surface area contributed by atoms with Gasteiger partial charge in [-0.15, -0.1) is 0 Å². The summed E-state index contributed by atoms with van der Waals surface area (Å²) in [4.78, 5) is 15.8. The second kappa shape index (κ2) is 6.45. The number of aromatic nitrogens is 2. The van der Waals surface area contributed by atoms with Crippen LogP contribution in [0.15, 0.2) is 18.2 Å². The summed E-state index contributed by atoms with van der Waals surface area (Å²) in [5.41, 5.74) is 1.80. The van der Waals surface area contributed by atoms with Gasteiger partial charge < -0.3 is 9.67 Å². The molecule has 114 valence electrons. The first kappa shape index (κ1) is 15.8. The molecule has 21 heavy (non-hydrogen) atoms. The lowest BCUT2D eigenvalue weighted by Gasteiger charge is -2.16. The minimum absolute atomic E-state index is 0.317. The van der Waals surface area contributed by atoms with E-state index < -0.39 is 12.0 Å². The van der Waals surface area contributed by atoms with Crippen molar-refractivity contribution in [3.63, 3.8) is 0 Å². The molecule has 6 heteroatoms. The van der Waals surface area contributed by atoms with Gasteiger partial charge in [-0.1, -0.05) is 25.4 Å². The van der Waals surface area contributed by atoms with Crippen LogP contribution in [0, 0.1) is 5.92 Å². The number of hydrogen-bond acceptors (Lipinski definition) is 3. The van der Waals surface area contributed by atoms with Gasteiger partial charge in [0, 0.05) is 12.1 Å². The van der Waals surface area contributed by atoms with Gasteiger partial charge in [0.15, 0.2) is 0 Å². The highest BCUT2D eigenvalue weighted by atomic mass is 35.5. The lowest BCUT2D eigenvalue weighted by Crippen LogP contribution is -2.37. The molecule has 0 fully saturated rings. The number of benzene rings is 1. The standard InChI is InChI=1S/C15H20ClN3O2/c1-9(2)6-12(15(20)21)17-8-14-18-11-5-4-10(16)7-13(11)19(14)3/h4-5,7,9,12,17H,6,8H2,1-3H3,(H,20,21)/t12-/m0/s1. The van der Waals surface area contributed by atoms with Crippen LogP contribution >= 0.6 is 11.6 Å². The molecule has 0 saturated heterocycles. The van der Waals surface area contributed by atoms with E-state index in [-0.39, 0.29) is 0 Å². The molecule has 1 aromatic carbocycles. The molecular formula is C15H20ClN3O2. The molecule has 0 unspecified atom stereocenters. The topological polar surface area (TPSA) is 67.2 Å². The van der Waals surface area contributed by atoms with Crippen LogP contribution < -0.4 is 5.32 Å². The zero-order valence-corrected chi connectivity index (χ0v) is 13.2. The molecule has 2 aromatic rings. The number of aliphatic carboxylic acids is 1. The van der Waals surface area contributed by atoms with Crippen LogP contribution in [0.1, 0.15) is 26.1 Å². The number of halogens is 1. The summed E-state index contributed by atoms with van der Waals surface area (Å²) in [6.45, 7) is 4.43. The molecule has 2 N–H and O–H groups in total. The number of imidazole rings is 1. The van der Waals surface area contributed by atoms with Crippen molar-refractivity contribution >= 4 is 28.6 Å². The highest BCUT2D eigenvalue weighted by molar-refractivity contribution is 6.31. The van der Waals surface area contributed by atoms with Gasteiger partial charge in [-0.25, -0.2) is 4.98 Å². The molecule has 0 aliphatic heterocycles. The molecule has 5 nitrogen and oxygen atoms in total. The highest BCUT2D eigenvalue weighted by Gasteiger charge is 2.19. The van der Waals surface area contributed by atoms with Gasteiger partial charge in [-0.05, 0) is 30.5 Å². The van der Waals surface area contributed by atoms with Crippen molar-refractivity contribution < 1.29 is 9.90 Å². The van der Waals surface area contributed by atoms with Gasteiger partial charge in [-0.2, -0.15) is 0 Å². The molecule has 0 saturated carbocycles.